The second kappa shape index (κ2) is 9.22. The van der Waals surface area contributed by atoms with E-state index in [1.165, 1.54) is 6.42 Å². The molecule has 2 fully saturated rings. The van der Waals surface area contributed by atoms with Crippen LogP contribution in [0.4, 0.5) is 10.5 Å². The Hall–Kier alpha value is -2.37. The van der Waals surface area contributed by atoms with Gasteiger partial charge in [-0.15, -0.1) is 0 Å². The summed E-state index contributed by atoms with van der Waals surface area (Å²) < 4.78 is 5.46. The molecule has 0 aromatic heterocycles. The number of rotatable bonds is 4. The summed E-state index contributed by atoms with van der Waals surface area (Å²) in [5.74, 6) is 0. The maximum Gasteiger partial charge on any atom is 0.322 e. The third-order valence-electron chi connectivity index (χ3n) is 5.68. The van der Waals surface area contributed by atoms with Gasteiger partial charge in [0, 0.05) is 37.9 Å². The largest absolute Gasteiger partial charge is 0.379 e. The standard InChI is InChI=1S/C23H29N3O2/c27-23(24-21-10-6-9-20(17-21)19-7-2-1-3-8-19)26-12-5-4-11-22(26)18-25-13-15-28-16-14-25/h1-3,6-10,17,22H,4-5,11-16,18H2,(H,24,27). The van der Waals surface area contributed by atoms with Gasteiger partial charge in [-0.3, -0.25) is 4.90 Å². The highest BCUT2D eigenvalue weighted by Gasteiger charge is 2.28. The van der Waals surface area contributed by atoms with Crippen LogP contribution in [0, 0.1) is 0 Å². The molecule has 1 N–H and O–H groups in total. The number of likely N-dealkylation sites (tertiary alicyclic amines) is 1. The van der Waals surface area contributed by atoms with Crippen molar-refractivity contribution in [3.63, 3.8) is 0 Å². The van der Waals surface area contributed by atoms with Gasteiger partial charge in [0.2, 0.25) is 0 Å². The van der Waals surface area contributed by atoms with Gasteiger partial charge >= 0.3 is 6.03 Å². The van der Waals surface area contributed by atoms with Crippen molar-refractivity contribution >= 4 is 11.7 Å². The molecule has 0 aliphatic carbocycles. The van der Waals surface area contributed by atoms with Crippen molar-refractivity contribution < 1.29 is 9.53 Å². The summed E-state index contributed by atoms with van der Waals surface area (Å²) in [7, 11) is 0. The molecular weight excluding hydrogens is 350 g/mol. The van der Waals surface area contributed by atoms with Crippen LogP contribution in [-0.2, 0) is 4.74 Å². The molecule has 2 aliphatic rings. The van der Waals surface area contributed by atoms with Gasteiger partial charge in [0.1, 0.15) is 0 Å². The Morgan fingerprint density at radius 2 is 1.75 bits per heavy atom. The van der Waals surface area contributed by atoms with Crippen molar-refractivity contribution in [1.82, 2.24) is 9.80 Å². The predicted octanol–water partition coefficient (Wildman–Crippen LogP) is 4.07. The topological polar surface area (TPSA) is 44.8 Å². The lowest BCUT2D eigenvalue weighted by Crippen LogP contribution is -2.52. The second-order valence-corrected chi connectivity index (χ2v) is 7.63. The van der Waals surface area contributed by atoms with Crippen LogP contribution in [0.25, 0.3) is 11.1 Å². The predicted molar refractivity (Wildman–Crippen MR) is 113 cm³/mol. The number of urea groups is 1. The maximum atomic E-state index is 13.0. The Bertz CT molecular complexity index is 774. The van der Waals surface area contributed by atoms with E-state index in [0.29, 0.717) is 0 Å². The fraction of sp³-hybridized carbons (Fsp3) is 0.435. The van der Waals surface area contributed by atoms with Gasteiger partial charge < -0.3 is 15.0 Å². The van der Waals surface area contributed by atoms with Crippen LogP contribution in [0.5, 0.6) is 0 Å². The van der Waals surface area contributed by atoms with Gasteiger partial charge in [-0.05, 0) is 42.5 Å². The fourth-order valence-corrected chi connectivity index (χ4v) is 4.14. The van der Waals surface area contributed by atoms with E-state index in [1.54, 1.807) is 0 Å². The Kier molecular flexibility index (Phi) is 6.24. The number of morpholine rings is 1. The number of piperidine rings is 1. The Labute approximate surface area is 167 Å². The van der Waals surface area contributed by atoms with Crippen LogP contribution in [0.15, 0.2) is 54.6 Å². The van der Waals surface area contributed by atoms with Crippen LogP contribution >= 0.6 is 0 Å². The molecule has 148 valence electrons. The monoisotopic (exact) mass is 379 g/mol. The van der Waals surface area contributed by atoms with E-state index < -0.39 is 0 Å². The lowest BCUT2D eigenvalue weighted by Gasteiger charge is -2.39. The number of carbonyl (C=O) groups is 1. The molecule has 1 atom stereocenters. The van der Waals surface area contributed by atoms with Crippen molar-refractivity contribution in [2.24, 2.45) is 0 Å². The van der Waals surface area contributed by atoms with E-state index in [4.69, 9.17) is 4.74 Å². The molecule has 2 heterocycles. The van der Waals surface area contributed by atoms with Gasteiger partial charge in [0.25, 0.3) is 0 Å². The molecule has 0 spiro atoms. The van der Waals surface area contributed by atoms with Gasteiger partial charge in [-0.25, -0.2) is 4.79 Å². The number of nitrogens with one attached hydrogen (secondary N) is 1. The number of nitrogens with zero attached hydrogens (tertiary/aromatic N) is 2. The van der Waals surface area contributed by atoms with Gasteiger partial charge in [-0.1, -0.05) is 42.5 Å². The number of carbonyl (C=O) groups excluding carboxylic acids is 1. The fourth-order valence-electron chi connectivity index (χ4n) is 4.14. The van der Waals surface area contributed by atoms with Gasteiger partial charge in [0.05, 0.1) is 13.2 Å². The molecule has 5 heteroatoms. The summed E-state index contributed by atoms with van der Waals surface area (Å²) >= 11 is 0. The minimum atomic E-state index is 0.0168. The minimum Gasteiger partial charge on any atom is -0.379 e. The van der Waals surface area contributed by atoms with Gasteiger partial charge in [0.15, 0.2) is 0 Å². The average Bonchev–Trinajstić information content (AvgIpc) is 2.76. The summed E-state index contributed by atoms with van der Waals surface area (Å²) in [4.78, 5) is 17.5. The molecule has 0 radical (unpaired) electrons. The molecule has 4 rings (SSSR count). The summed E-state index contributed by atoms with van der Waals surface area (Å²) in [6.45, 7) is 5.30. The van der Waals surface area contributed by atoms with E-state index in [1.807, 2.05) is 41.3 Å². The quantitative estimate of drug-likeness (QED) is 0.871. The first-order valence-corrected chi connectivity index (χ1v) is 10.3. The smallest absolute Gasteiger partial charge is 0.322 e. The van der Waals surface area contributed by atoms with Gasteiger partial charge in [-0.2, -0.15) is 0 Å². The number of hydrogen-bond acceptors (Lipinski definition) is 3. The molecule has 2 aromatic carbocycles. The van der Waals surface area contributed by atoms with Crippen LogP contribution in [0.3, 0.4) is 0 Å². The highest BCUT2D eigenvalue weighted by molar-refractivity contribution is 5.90. The first kappa shape index (κ1) is 19.0. The summed E-state index contributed by atoms with van der Waals surface area (Å²) in [5.41, 5.74) is 3.12. The first-order valence-electron chi connectivity index (χ1n) is 10.3. The van der Waals surface area contributed by atoms with Crippen LogP contribution in [-0.4, -0.2) is 61.3 Å². The maximum absolute atomic E-state index is 13.0. The zero-order chi connectivity index (χ0) is 19.2. The highest BCUT2D eigenvalue weighted by atomic mass is 16.5. The molecule has 2 amide bonds. The molecule has 2 saturated heterocycles. The summed E-state index contributed by atoms with van der Waals surface area (Å²) in [5, 5.41) is 3.13. The molecule has 5 nitrogen and oxygen atoms in total. The zero-order valence-corrected chi connectivity index (χ0v) is 16.3. The van der Waals surface area contributed by atoms with Crippen LogP contribution < -0.4 is 5.32 Å². The number of amides is 2. The van der Waals surface area contributed by atoms with Crippen molar-refractivity contribution in [3.05, 3.63) is 54.6 Å². The molecule has 2 aliphatic heterocycles. The lowest BCUT2D eigenvalue weighted by molar-refractivity contribution is 0.0229. The highest BCUT2D eigenvalue weighted by Crippen LogP contribution is 2.24. The number of anilines is 1. The van der Waals surface area contributed by atoms with Crippen molar-refractivity contribution in [3.8, 4) is 11.1 Å². The Balaban J connectivity index is 1.43. The molecule has 0 bridgehead atoms. The molecular formula is C23H29N3O2. The third kappa shape index (κ3) is 4.72. The minimum absolute atomic E-state index is 0.0168. The Morgan fingerprint density at radius 1 is 0.964 bits per heavy atom. The van der Waals surface area contributed by atoms with Crippen molar-refractivity contribution in [1.29, 1.82) is 0 Å². The number of ether oxygens (including phenoxy) is 1. The van der Waals surface area contributed by atoms with Crippen LogP contribution in [0.2, 0.25) is 0 Å². The average molecular weight is 380 g/mol. The molecule has 0 saturated carbocycles. The van der Waals surface area contributed by atoms with Crippen molar-refractivity contribution in [2.45, 2.75) is 25.3 Å². The van der Waals surface area contributed by atoms with Crippen molar-refractivity contribution in [2.75, 3.05) is 44.7 Å². The lowest BCUT2D eigenvalue weighted by atomic mass is 10.0. The second-order valence-electron chi connectivity index (χ2n) is 7.63. The number of benzene rings is 2. The summed E-state index contributed by atoms with van der Waals surface area (Å²) in [6.07, 6.45) is 3.36. The van der Waals surface area contributed by atoms with E-state index in [2.05, 4.69) is 28.4 Å². The molecule has 28 heavy (non-hydrogen) atoms. The molecule has 1 unspecified atom stereocenters. The molecule has 2 aromatic rings. The van der Waals surface area contributed by atoms with E-state index >= 15 is 0 Å². The van der Waals surface area contributed by atoms with E-state index in [-0.39, 0.29) is 12.1 Å². The Morgan fingerprint density at radius 3 is 2.57 bits per heavy atom. The first-order chi connectivity index (χ1) is 13.8. The zero-order valence-electron chi connectivity index (χ0n) is 16.3. The SMILES string of the molecule is O=C(Nc1cccc(-c2ccccc2)c1)N1CCCCC1CN1CCOCC1. The summed E-state index contributed by atoms with van der Waals surface area (Å²) in [6, 6.07) is 18.6. The van der Waals surface area contributed by atoms with E-state index in [9.17, 15) is 4.79 Å². The normalized spacial score (nSPS) is 20.7. The van der Waals surface area contributed by atoms with E-state index in [0.717, 1.165) is 69.0 Å². The third-order valence-corrected chi connectivity index (χ3v) is 5.68. The number of hydrogen-bond donors (Lipinski definition) is 1. The van der Waals surface area contributed by atoms with Crippen LogP contribution in [0.1, 0.15) is 19.3 Å².